The van der Waals surface area contributed by atoms with E-state index < -0.39 is 0 Å². The van der Waals surface area contributed by atoms with Gasteiger partial charge < -0.3 is 0 Å². The highest BCUT2D eigenvalue weighted by Gasteiger charge is 2.00. The predicted octanol–water partition coefficient (Wildman–Crippen LogP) is 14.2. The number of unbranched alkanes of at least 4 members (excludes halogenated alkanes) is 4. The van der Waals surface area contributed by atoms with Gasteiger partial charge in [0.2, 0.25) is 0 Å². The van der Waals surface area contributed by atoms with Crippen LogP contribution in [0, 0.1) is 23.7 Å². The van der Waals surface area contributed by atoms with Crippen molar-refractivity contribution in [2.45, 2.75) is 190 Å². The summed E-state index contributed by atoms with van der Waals surface area (Å²) >= 11 is 16.8. The zero-order chi connectivity index (χ0) is 29.5. The average molecular weight is 576 g/mol. The van der Waals surface area contributed by atoms with Crippen molar-refractivity contribution in [1.29, 1.82) is 0 Å². The summed E-state index contributed by atoms with van der Waals surface area (Å²) in [5, 5.41) is 0.801. The highest BCUT2D eigenvalue weighted by Crippen LogP contribution is 2.10. The minimum absolute atomic E-state index is 0.215. The second kappa shape index (κ2) is 38.0. The minimum Gasteiger partial charge on any atom is -0.123 e. The summed E-state index contributed by atoms with van der Waals surface area (Å²) in [5.74, 6) is 3.55. The number of hydrogen-bond acceptors (Lipinski definition) is 0. The van der Waals surface area contributed by atoms with E-state index in [4.69, 9.17) is 34.8 Å². The molecule has 0 aromatic heterocycles. The van der Waals surface area contributed by atoms with Gasteiger partial charge in [-0.2, -0.15) is 0 Å². The quantitative estimate of drug-likeness (QED) is 0.143. The van der Waals surface area contributed by atoms with E-state index in [1.165, 1.54) is 64.2 Å². The molecule has 0 rings (SSSR count). The molecule has 36 heavy (non-hydrogen) atoms. The third-order valence-corrected chi connectivity index (χ3v) is 5.60. The van der Waals surface area contributed by atoms with E-state index in [-0.39, 0.29) is 10.8 Å². The molecule has 0 heterocycles. The van der Waals surface area contributed by atoms with Gasteiger partial charge in [0.05, 0.1) is 0 Å². The Balaban J connectivity index is -0.000000113. The van der Waals surface area contributed by atoms with Crippen molar-refractivity contribution in [2.24, 2.45) is 23.7 Å². The molecule has 0 N–H and O–H groups in total. The molecule has 0 aliphatic rings. The summed E-state index contributed by atoms with van der Waals surface area (Å²) in [5.41, 5.74) is 0. The minimum atomic E-state index is 0.215. The smallest absolute Gasteiger partial charge is 0.0321 e. The first-order valence-corrected chi connectivity index (χ1v) is 16.8. The fraction of sp³-hybridized carbons (Fsp3) is 1.00. The van der Waals surface area contributed by atoms with Gasteiger partial charge in [0.15, 0.2) is 0 Å². The van der Waals surface area contributed by atoms with Gasteiger partial charge in [-0.25, -0.2) is 0 Å². The van der Waals surface area contributed by atoms with E-state index in [1.54, 1.807) is 0 Å². The second-order valence-corrected chi connectivity index (χ2v) is 14.4. The molecule has 0 nitrogen and oxygen atoms in total. The zero-order valence-corrected chi connectivity index (χ0v) is 29.9. The van der Waals surface area contributed by atoms with Gasteiger partial charge >= 0.3 is 0 Å². The zero-order valence-electron chi connectivity index (χ0n) is 27.7. The Bertz CT molecular complexity index is 298. The Morgan fingerprint density at radius 2 is 0.750 bits per heavy atom. The van der Waals surface area contributed by atoms with Gasteiger partial charge in [0, 0.05) is 16.1 Å². The molecule has 3 unspecified atom stereocenters. The summed E-state index contributed by atoms with van der Waals surface area (Å²) in [6, 6.07) is 0. The molecular weight excluding hydrogens is 503 g/mol. The number of rotatable bonds is 14. The fourth-order valence-corrected chi connectivity index (χ4v) is 4.37. The molecule has 0 saturated heterocycles. The second-order valence-electron chi connectivity index (χ2n) is 12.2. The van der Waals surface area contributed by atoms with E-state index in [1.807, 2.05) is 20.8 Å². The molecule has 3 heteroatoms. The summed E-state index contributed by atoms with van der Waals surface area (Å²) < 4.78 is 0. The van der Waals surface area contributed by atoms with Crippen molar-refractivity contribution in [2.75, 3.05) is 0 Å². The maximum atomic E-state index is 5.59. The first kappa shape index (κ1) is 46.7. The first-order valence-electron chi connectivity index (χ1n) is 15.5. The summed E-state index contributed by atoms with van der Waals surface area (Å²) in [6.07, 6.45) is 15.9. The van der Waals surface area contributed by atoms with Crippen LogP contribution in [0.5, 0.6) is 0 Å². The lowest BCUT2D eigenvalue weighted by Crippen LogP contribution is -1.99. The average Bonchev–Trinajstić information content (AvgIpc) is 2.67. The Kier molecular flexibility index (Phi) is 49.3. The van der Waals surface area contributed by atoms with Crippen molar-refractivity contribution in [3.8, 4) is 0 Å². The highest BCUT2D eigenvalue weighted by molar-refractivity contribution is 6.23. The van der Waals surface area contributed by atoms with Gasteiger partial charge in [-0.1, -0.05) is 134 Å². The summed E-state index contributed by atoms with van der Waals surface area (Å²) in [6.45, 7) is 30.7. The van der Waals surface area contributed by atoms with E-state index >= 15 is 0 Å². The van der Waals surface area contributed by atoms with Gasteiger partial charge in [-0.05, 0) is 63.7 Å². The van der Waals surface area contributed by atoms with Crippen LogP contribution in [-0.4, -0.2) is 16.1 Å². The maximum absolute atomic E-state index is 5.59. The van der Waals surface area contributed by atoms with Crippen LogP contribution in [0.4, 0.5) is 0 Å². The highest BCUT2D eigenvalue weighted by atomic mass is 35.5. The topological polar surface area (TPSA) is 0 Å². The van der Waals surface area contributed by atoms with Crippen LogP contribution < -0.4 is 0 Å². The van der Waals surface area contributed by atoms with Crippen LogP contribution in [0.1, 0.15) is 174 Å². The molecule has 0 aliphatic carbocycles. The molecule has 0 spiro atoms. The van der Waals surface area contributed by atoms with Crippen molar-refractivity contribution in [3.63, 3.8) is 0 Å². The molecule has 0 saturated carbocycles. The van der Waals surface area contributed by atoms with E-state index in [0.29, 0.717) is 5.38 Å². The van der Waals surface area contributed by atoms with Crippen LogP contribution in [0.15, 0.2) is 0 Å². The third kappa shape index (κ3) is 83.6. The molecule has 0 radical (unpaired) electrons. The monoisotopic (exact) mass is 574 g/mol. The third-order valence-electron chi connectivity index (χ3n) is 5.03. The number of hydrogen-bond donors (Lipinski definition) is 0. The van der Waals surface area contributed by atoms with Gasteiger partial charge in [0.1, 0.15) is 0 Å². The Morgan fingerprint density at radius 3 is 0.889 bits per heavy atom. The number of alkyl halides is 3. The Hall–Kier alpha value is 0.870. The fourth-order valence-electron chi connectivity index (χ4n) is 3.52. The largest absolute Gasteiger partial charge is 0.123 e. The van der Waals surface area contributed by atoms with E-state index in [9.17, 15) is 0 Å². The molecule has 0 fully saturated rings. The van der Waals surface area contributed by atoms with Crippen molar-refractivity contribution >= 4 is 34.8 Å². The van der Waals surface area contributed by atoms with Crippen LogP contribution in [0.3, 0.4) is 0 Å². The van der Waals surface area contributed by atoms with Crippen molar-refractivity contribution in [3.05, 3.63) is 0 Å². The van der Waals surface area contributed by atoms with Gasteiger partial charge in [0.25, 0.3) is 0 Å². The molecule has 226 valence electrons. The molecule has 0 aromatic carbocycles. The summed E-state index contributed by atoms with van der Waals surface area (Å²) in [7, 11) is 0. The van der Waals surface area contributed by atoms with E-state index in [2.05, 4.69) is 76.2 Å². The van der Waals surface area contributed by atoms with Crippen LogP contribution in [0.25, 0.3) is 0 Å². The lowest BCUT2D eigenvalue weighted by molar-refractivity contribution is 0.469. The molecule has 0 aromatic rings. The molecule has 0 bridgehead atoms. The van der Waals surface area contributed by atoms with Crippen molar-refractivity contribution < 1.29 is 0 Å². The molecular formula is C33H73Cl3. The summed E-state index contributed by atoms with van der Waals surface area (Å²) in [4.78, 5) is 0. The Morgan fingerprint density at radius 1 is 0.361 bits per heavy atom. The predicted molar refractivity (Wildman–Crippen MR) is 178 cm³/mol. The normalized spacial score (nSPS) is 12.9. The van der Waals surface area contributed by atoms with Crippen LogP contribution in [0.2, 0.25) is 0 Å². The van der Waals surface area contributed by atoms with Gasteiger partial charge in [-0.3, -0.25) is 0 Å². The standard InChI is InChI=1S/C10H22.C7H16.C6H14.C5H10Cl2.C5H11Cl/c1-4-5-6-7-8-9-10(2)3;1-6(2)5-7(3)4;1-4-5-6(2)3;1-4(6)3-5(2)7;1-3-4-5(2)6/h10H,4-9H2,1-3H3;6-7H,5H2,1-4H3;6H,4-5H2,1-3H3;4-5H,3H2,1-2H3;5H,3-4H2,1-2H3. The lowest BCUT2D eigenvalue weighted by atomic mass is 10.0. The SMILES string of the molecule is CC(C)CC(C)C.CC(Cl)CC(C)Cl.CCCC(C)C.CCCC(C)Cl.CCCCCCCC(C)C. The molecule has 0 amide bonds. The van der Waals surface area contributed by atoms with Crippen LogP contribution in [-0.2, 0) is 0 Å². The van der Waals surface area contributed by atoms with Crippen molar-refractivity contribution in [1.82, 2.24) is 0 Å². The molecule has 3 atom stereocenters. The maximum Gasteiger partial charge on any atom is 0.0321 e. The van der Waals surface area contributed by atoms with Gasteiger partial charge in [-0.15, -0.1) is 34.8 Å². The number of halogens is 3. The molecule has 0 aliphatic heterocycles. The first-order chi connectivity index (χ1) is 16.6. The Labute approximate surface area is 247 Å². The lowest BCUT2D eigenvalue weighted by Gasteiger charge is -2.05. The van der Waals surface area contributed by atoms with Crippen LogP contribution >= 0.6 is 34.8 Å². The van der Waals surface area contributed by atoms with E-state index in [0.717, 1.165) is 36.5 Å².